The normalized spacial score (nSPS) is 10.3. The molecular formula is C7H11F2NO4. The molecule has 1 amide bonds. The van der Waals surface area contributed by atoms with Gasteiger partial charge < -0.3 is 14.7 Å². The van der Waals surface area contributed by atoms with Crippen LogP contribution in [0.2, 0.25) is 0 Å². The molecule has 0 fully saturated rings. The van der Waals surface area contributed by atoms with Crippen molar-refractivity contribution in [1.29, 1.82) is 0 Å². The van der Waals surface area contributed by atoms with Gasteiger partial charge in [-0.05, 0) is 0 Å². The Bertz CT molecular complexity index is 210. The number of hydrogen-bond donors (Lipinski definition) is 1. The van der Waals surface area contributed by atoms with Gasteiger partial charge in [0.2, 0.25) is 5.91 Å². The Balaban J connectivity index is 3.67. The second-order valence-corrected chi connectivity index (χ2v) is 2.55. The van der Waals surface area contributed by atoms with Gasteiger partial charge in [0.25, 0.3) is 6.43 Å². The molecule has 0 saturated heterocycles. The van der Waals surface area contributed by atoms with Crippen molar-refractivity contribution >= 4 is 11.9 Å². The van der Waals surface area contributed by atoms with Gasteiger partial charge in [-0.25, -0.2) is 13.6 Å². The molecule has 7 heteroatoms. The van der Waals surface area contributed by atoms with Gasteiger partial charge in [0.05, 0.1) is 6.54 Å². The summed E-state index contributed by atoms with van der Waals surface area (Å²) in [6.45, 7) is -1.81. The van der Waals surface area contributed by atoms with Crippen LogP contribution in [0.25, 0.3) is 0 Å². The zero-order valence-corrected chi connectivity index (χ0v) is 7.57. The highest BCUT2D eigenvalue weighted by Crippen LogP contribution is 1.96. The van der Waals surface area contributed by atoms with Crippen molar-refractivity contribution in [3.63, 3.8) is 0 Å². The van der Waals surface area contributed by atoms with Crippen LogP contribution in [-0.4, -0.2) is 55.1 Å². The molecule has 0 bridgehead atoms. The first-order valence-electron chi connectivity index (χ1n) is 3.75. The van der Waals surface area contributed by atoms with Gasteiger partial charge in [-0.3, -0.25) is 4.79 Å². The Morgan fingerprint density at radius 1 is 1.43 bits per heavy atom. The van der Waals surface area contributed by atoms with E-state index in [-0.39, 0.29) is 0 Å². The van der Waals surface area contributed by atoms with Gasteiger partial charge in [-0.15, -0.1) is 0 Å². The van der Waals surface area contributed by atoms with Crippen molar-refractivity contribution in [3.8, 4) is 0 Å². The maximum Gasteiger partial charge on any atom is 0.329 e. The van der Waals surface area contributed by atoms with E-state index in [0.717, 1.165) is 4.90 Å². The summed E-state index contributed by atoms with van der Waals surface area (Å²) >= 11 is 0. The smallest absolute Gasteiger partial charge is 0.329 e. The van der Waals surface area contributed by atoms with E-state index in [1.165, 1.54) is 7.05 Å². The first-order chi connectivity index (χ1) is 6.43. The SMILES string of the molecule is CN(CC(F)F)C(=O)COCC(=O)O. The van der Waals surface area contributed by atoms with Gasteiger partial charge in [-0.1, -0.05) is 0 Å². The van der Waals surface area contributed by atoms with Crippen molar-refractivity contribution in [2.24, 2.45) is 0 Å². The van der Waals surface area contributed by atoms with Crippen molar-refractivity contribution in [3.05, 3.63) is 0 Å². The number of likely N-dealkylation sites (N-methyl/N-ethyl adjacent to an activating group) is 1. The number of carbonyl (C=O) groups excluding carboxylic acids is 1. The topological polar surface area (TPSA) is 66.8 Å². The van der Waals surface area contributed by atoms with Crippen molar-refractivity contribution in [1.82, 2.24) is 4.90 Å². The second-order valence-electron chi connectivity index (χ2n) is 2.55. The highest BCUT2D eigenvalue weighted by atomic mass is 19.3. The first kappa shape index (κ1) is 12.8. The minimum Gasteiger partial charge on any atom is -0.480 e. The Hall–Kier alpha value is -1.24. The minimum absolute atomic E-state index is 0.504. The van der Waals surface area contributed by atoms with Crippen LogP contribution in [0.1, 0.15) is 0 Å². The fraction of sp³-hybridized carbons (Fsp3) is 0.714. The highest BCUT2D eigenvalue weighted by Gasteiger charge is 2.14. The summed E-state index contributed by atoms with van der Waals surface area (Å²) in [5.41, 5.74) is 0. The highest BCUT2D eigenvalue weighted by molar-refractivity contribution is 5.77. The molecule has 0 saturated carbocycles. The molecule has 0 aliphatic rings. The molecule has 0 radical (unpaired) electrons. The third kappa shape index (κ3) is 6.30. The molecule has 0 unspecified atom stereocenters. The van der Waals surface area contributed by atoms with Crippen LogP contribution >= 0.6 is 0 Å². The van der Waals surface area contributed by atoms with Gasteiger partial charge >= 0.3 is 5.97 Å². The standard InChI is InChI=1S/C7H11F2NO4/c1-10(2-5(8)9)6(11)3-14-4-7(12)13/h5H,2-4H2,1H3,(H,12,13). The number of ether oxygens (including phenoxy) is 1. The van der Waals surface area contributed by atoms with Crippen LogP contribution in [0.5, 0.6) is 0 Å². The number of alkyl halides is 2. The molecule has 0 aliphatic heterocycles. The lowest BCUT2D eigenvalue weighted by atomic mass is 10.5. The number of carboxylic acid groups (broad SMARTS) is 1. The second kappa shape index (κ2) is 6.25. The molecule has 0 rings (SSSR count). The number of carboxylic acids is 1. The van der Waals surface area contributed by atoms with Crippen LogP contribution in [0.4, 0.5) is 8.78 Å². The van der Waals surface area contributed by atoms with Gasteiger partial charge in [0.1, 0.15) is 13.2 Å². The van der Waals surface area contributed by atoms with E-state index in [2.05, 4.69) is 4.74 Å². The van der Waals surface area contributed by atoms with Crippen LogP contribution in [0.15, 0.2) is 0 Å². The summed E-state index contributed by atoms with van der Waals surface area (Å²) in [6.07, 6.45) is -2.61. The molecule has 0 aliphatic carbocycles. The van der Waals surface area contributed by atoms with E-state index in [9.17, 15) is 18.4 Å². The summed E-state index contributed by atoms with van der Waals surface area (Å²) in [7, 11) is 1.19. The average molecular weight is 211 g/mol. The lowest BCUT2D eigenvalue weighted by molar-refractivity contribution is -0.146. The number of nitrogens with zero attached hydrogens (tertiary/aromatic N) is 1. The number of halogens is 2. The molecule has 0 heterocycles. The van der Waals surface area contributed by atoms with Crippen LogP contribution < -0.4 is 0 Å². The molecule has 0 aromatic rings. The van der Waals surface area contributed by atoms with Crippen molar-refractivity contribution < 1.29 is 28.2 Å². The van der Waals surface area contributed by atoms with Crippen molar-refractivity contribution in [2.45, 2.75) is 6.43 Å². The Morgan fingerprint density at radius 3 is 2.43 bits per heavy atom. The van der Waals surface area contributed by atoms with E-state index in [1.54, 1.807) is 0 Å². The van der Waals surface area contributed by atoms with E-state index < -0.39 is 38.1 Å². The molecule has 0 spiro atoms. The summed E-state index contributed by atoms with van der Waals surface area (Å²) in [4.78, 5) is 21.7. The largest absolute Gasteiger partial charge is 0.480 e. The molecule has 82 valence electrons. The molecule has 0 aromatic carbocycles. The van der Waals surface area contributed by atoms with Gasteiger partial charge in [0, 0.05) is 7.05 Å². The number of aliphatic carboxylic acids is 1. The van der Waals surface area contributed by atoms with Gasteiger partial charge in [0.15, 0.2) is 0 Å². The van der Waals surface area contributed by atoms with Crippen LogP contribution in [-0.2, 0) is 14.3 Å². The molecule has 5 nitrogen and oxygen atoms in total. The summed E-state index contributed by atoms with van der Waals surface area (Å²) in [6, 6.07) is 0. The lowest BCUT2D eigenvalue weighted by Gasteiger charge is -2.15. The third-order valence-corrected chi connectivity index (χ3v) is 1.29. The minimum atomic E-state index is -2.61. The monoisotopic (exact) mass is 211 g/mol. The van der Waals surface area contributed by atoms with Gasteiger partial charge in [-0.2, -0.15) is 0 Å². The van der Waals surface area contributed by atoms with E-state index >= 15 is 0 Å². The Morgan fingerprint density at radius 2 is 2.00 bits per heavy atom. The summed E-state index contributed by atoms with van der Waals surface area (Å²) < 4.78 is 28.0. The number of carbonyl (C=O) groups is 2. The number of amides is 1. The molecule has 0 atom stereocenters. The lowest BCUT2D eigenvalue weighted by Crippen LogP contribution is -2.34. The first-order valence-corrected chi connectivity index (χ1v) is 3.75. The van der Waals surface area contributed by atoms with Crippen molar-refractivity contribution in [2.75, 3.05) is 26.8 Å². The number of hydrogen-bond acceptors (Lipinski definition) is 3. The fourth-order valence-corrected chi connectivity index (χ4v) is 0.645. The predicted octanol–water partition coefficient (Wildman–Crippen LogP) is -0.189. The summed E-state index contributed by atoms with van der Waals surface area (Å²) in [5.74, 6) is -1.89. The Labute approximate surface area is 79.3 Å². The van der Waals surface area contributed by atoms with Crippen LogP contribution in [0.3, 0.4) is 0 Å². The zero-order chi connectivity index (χ0) is 11.1. The molecule has 1 N–H and O–H groups in total. The maximum atomic E-state index is 11.8. The van der Waals surface area contributed by atoms with E-state index in [4.69, 9.17) is 5.11 Å². The maximum absolute atomic E-state index is 11.8. The fourth-order valence-electron chi connectivity index (χ4n) is 0.645. The Kier molecular flexibility index (Phi) is 5.70. The zero-order valence-electron chi connectivity index (χ0n) is 7.57. The molecular weight excluding hydrogens is 200 g/mol. The van der Waals surface area contributed by atoms with Crippen LogP contribution in [0, 0.1) is 0 Å². The van der Waals surface area contributed by atoms with E-state index in [1.807, 2.05) is 0 Å². The molecule has 0 aromatic heterocycles. The number of rotatable bonds is 6. The average Bonchev–Trinajstić information content (AvgIpc) is 2.01. The summed E-state index contributed by atoms with van der Waals surface area (Å²) in [5, 5.41) is 8.14. The predicted molar refractivity (Wildman–Crippen MR) is 42.1 cm³/mol. The molecule has 14 heavy (non-hydrogen) atoms. The van der Waals surface area contributed by atoms with E-state index in [0.29, 0.717) is 0 Å². The third-order valence-electron chi connectivity index (χ3n) is 1.29. The quantitative estimate of drug-likeness (QED) is 0.661.